The monoisotopic (exact) mass is 315 g/mol. The summed E-state index contributed by atoms with van der Waals surface area (Å²) in [4.78, 5) is 26.5. The minimum Gasteiger partial charge on any atom is -0.351 e. The van der Waals surface area contributed by atoms with E-state index >= 15 is 0 Å². The lowest BCUT2D eigenvalue weighted by Crippen LogP contribution is -2.46. The summed E-state index contributed by atoms with van der Waals surface area (Å²) in [7, 11) is 3.53. The van der Waals surface area contributed by atoms with Gasteiger partial charge in [0.05, 0.1) is 5.41 Å². The van der Waals surface area contributed by atoms with Crippen molar-refractivity contribution in [2.75, 3.05) is 20.6 Å². The van der Waals surface area contributed by atoms with Gasteiger partial charge < -0.3 is 10.2 Å². The van der Waals surface area contributed by atoms with E-state index in [-0.39, 0.29) is 11.8 Å². The van der Waals surface area contributed by atoms with Gasteiger partial charge in [-0.1, -0.05) is 12.8 Å². The molecule has 1 aromatic heterocycles. The maximum absolute atomic E-state index is 12.5. The zero-order valence-corrected chi connectivity index (χ0v) is 13.4. The van der Waals surface area contributed by atoms with Crippen molar-refractivity contribution in [2.24, 2.45) is 5.41 Å². The summed E-state index contributed by atoms with van der Waals surface area (Å²) >= 11 is 0. The highest BCUT2D eigenvalue weighted by molar-refractivity contribution is 5.97. The summed E-state index contributed by atoms with van der Waals surface area (Å²) in [5, 5.41) is 13.4. The molecule has 122 valence electrons. The quantitative estimate of drug-likeness (QED) is 0.890. The van der Waals surface area contributed by atoms with Gasteiger partial charge >= 0.3 is 0 Å². The molecule has 0 radical (unpaired) electrons. The van der Waals surface area contributed by atoms with Crippen LogP contribution in [0, 0.1) is 5.41 Å². The molecule has 7 nitrogen and oxygen atoms in total. The third-order valence-electron chi connectivity index (χ3n) is 4.59. The van der Waals surface area contributed by atoms with Crippen LogP contribution >= 0.6 is 0 Å². The van der Waals surface area contributed by atoms with E-state index in [1.54, 1.807) is 37.2 Å². The fourth-order valence-electron chi connectivity index (χ4n) is 3.33. The standard InChI is InChI=1S/C16H21N5O2/c1-21(2)15(23)16(7-3-4-8-16)10-17-14(22)11-5-6-12-13(9-11)19-20-18-12/h5-6,9H,3-4,7-8,10H2,1-2H3,(H,17,22)(H,18,19,20). The van der Waals surface area contributed by atoms with Gasteiger partial charge in [0.1, 0.15) is 11.0 Å². The highest BCUT2D eigenvalue weighted by Crippen LogP contribution is 2.39. The van der Waals surface area contributed by atoms with E-state index in [9.17, 15) is 9.59 Å². The first kappa shape index (κ1) is 15.5. The predicted octanol–water partition coefficient (Wildman–Crippen LogP) is 1.34. The van der Waals surface area contributed by atoms with Crippen LogP contribution in [0.25, 0.3) is 11.0 Å². The van der Waals surface area contributed by atoms with Crippen LogP contribution in [0.3, 0.4) is 0 Å². The van der Waals surface area contributed by atoms with Gasteiger partial charge in [0.25, 0.3) is 5.91 Å². The van der Waals surface area contributed by atoms with Crippen LogP contribution < -0.4 is 5.32 Å². The van der Waals surface area contributed by atoms with Gasteiger partial charge in [-0.05, 0) is 31.0 Å². The molecule has 0 saturated heterocycles. The van der Waals surface area contributed by atoms with Crippen molar-refractivity contribution in [1.29, 1.82) is 0 Å². The first-order valence-corrected chi connectivity index (χ1v) is 7.82. The van der Waals surface area contributed by atoms with E-state index < -0.39 is 5.41 Å². The van der Waals surface area contributed by atoms with Crippen LogP contribution in [-0.4, -0.2) is 52.8 Å². The fourth-order valence-corrected chi connectivity index (χ4v) is 3.33. The van der Waals surface area contributed by atoms with Gasteiger partial charge in [0.2, 0.25) is 5.91 Å². The molecule has 0 spiro atoms. The lowest BCUT2D eigenvalue weighted by molar-refractivity contribution is -0.138. The smallest absolute Gasteiger partial charge is 0.251 e. The molecule has 3 rings (SSSR count). The minimum atomic E-state index is -0.461. The molecule has 0 bridgehead atoms. The summed E-state index contributed by atoms with van der Waals surface area (Å²) < 4.78 is 0. The summed E-state index contributed by atoms with van der Waals surface area (Å²) in [6.45, 7) is 0.375. The van der Waals surface area contributed by atoms with Crippen molar-refractivity contribution in [3.05, 3.63) is 23.8 Å². The number of nitrogens with zero attached hydrogens (tertiary/aromatic N) is 3. The minimum absolute atomic E-state index is 0.0993. The Hall–Kier alpha value is -2.44. The van der Waals surface area contributed by atoms with E-state index in [0.29, 0.717) is 17.6 Å². The first-order chi connectivity index (χ1) is 11.0. The molecule has 0 aliphatic heterocycles. The van der Waals surface area contributed by atoms with Gasteiger partial charge in [-0.15, -0.1) is 0 Å². The highest BCUT2D eigenvalue weighted by atomic mass is 16.2. The number of hydrogen-bond acceptors (Lipinski definition) is 4. The van der Waals surface area contributed by atoms with E-state index in [2.05, 4.69) is 20.7 Å². The number of H-pyrrole nitrogens is 1. The second kappa shape index (κ2) is 5.98. The van der Waals surface area contributed by atoms with E-state index in [1.165, 1.54) is 0 Å². The van der Waals surface area contributed by atoms with E-state index in [0.717, 1.165) is 31.2 Å². The Morgan fingerprint density at radius 1 is 1.22 bits per heavy atom. The van der Waals surface area contributed by atoms with Crippen molar-refractivity contribution in [2.45, 2.75) is 25.7 Å². The molecule has 1 aliphatic carbocycles. The van der Waals surface area contributed by atoms with Gasteiger partial charge in [-0.2, -0.15) is 15.4 Å². The van der Waals surface area contributed by atoms with E-state index in [4.69, 9.17) is 0 Å². The third-order valence-corrected chi connectivity index (χ3v) is 4.59. The van der Waals surface area contributed by atoms with Crippen LogP contribution in [0.1, 0.15) is 36.0 Å². The average Bonchev–Trinajstić information content (AvgIpc) is 3.20. The van der Waals surface area contributed by atoms with Gasteiger partial charge in [0, 0.05) is 26.2 Å². The molecule has 0 unspecified atom stereocenters. The lowest BCUT2D eigenvalue weighted by atomic mass is 9.84. The molecule has 1 aliphatic rings. The molecule has 0 atom stereocenters. The predicted molar refractivity (Wildman–Crippen MR) is 85.8 cm³/mol. The lowest BCUT2D eigenvalue weighted by Gasteiger charge is -2.30. The zero-order chi connectivity index (χ0) is 16.4. The van der Waals surface area contributed by atoms with Gasteiger partial charge in [-0.3, -0.25) is 9.59 Å². The second-order valence-electron chi connectivity index (χ2n) is 6.40. The number of amides is 2. The maximum atomic E-state index is 12.5. The molecule has 1 fully saturated rings. The van der Waals surface area contributed by atoms with Crippen molar-refractivity contribution < 1.29 is 9.59 Å². The van der Waals surface area contributed by atoms with Crippen LogP contribution in [0.5, 0.6) is 0 Å². The number of carbonyl (C=O) groups is 2. The highest BCUT2D eigenvalue weighted by Gasteiger charge is 2.42. The van der Waals surface area contributed by atoms with Gasteiger partial charge in [-0.25, -0.2) is 0 Å². The van der Waals surface area contributed by atoms with E-state index in [1.807, 2.05) is 0 Å². The van der Waals surface area contributed by atoms with Crippen molar-refractivity contribution in [3.63, 3.8) is 0 Å². The fraction of sp³-hybridized carbons (Fsp3) is 0.500. The van der Waals surface area contributed by atoms with Crippen LogP contribution in [0.4, 0.5) is 0 Å². The largest absolute Gasteiger partial charge is 0.351 e. The number of hydrogen-bond donors (Lipinski definition) is 2. The third kappa shape index (κ3) is 2.91. The Morgan fingerprint density at radius 3 is 2.61 bits per heavy atom. The number of benzene rings is 1. The van der Waals surface area contributed by atoms with Crippen LogP contribution in [0.2, 0.25) is 0 Å². The topological polar surface area (TPSA) is 91.0 Å². The van der Waals surface area contributed by atoms with Gasteiger partial charge in [0.15, 0.2) is 0 Å². The molecule has 7 heteroatoms. The van der Waals surface area contributed by atoms with Crippen molar-refractivity contribution in [1.82, 2.24) is 25.6 Å². The molecule has 2 N–H and O–H groups in total. The summed E-state index contributed by atoms with van der Waals surface area (Å²) in [6.07, 6.45) is 3.71. The Balaban J connectivity index is 1.72. The molecule has 2 amide bonds. The normalized spacial score (nSPS) is 16.4. The molecule has 2 aromatic rings. The molecule has 23 heavy (non-hydrogen) atoms. The number of aromatic amines is 1. The van der Waals surface area contributed by atoms with Crippen LogP contribution in [0.15, 0.2) is 18.2 Å². The maximum Gasteiger partial charge on any atom is 0.251 e. The molecule has 1 heterocycles. The summed E-state index contributed by atoms with van der Waals surface area (Å²) in [5.41, 5.74) is 1.43. The number of fused-ring (bicyclic) bond motifs is 1. The number of aromatic nitrogens is 3. The SMILES string of the molecule is CN(C)C(=O)C1(CNC(=O)c2ccc3n[nH]nc3c2)CCCC1. The molecular weight excluding hydrogens is 294 g/mol. The zero-order valence-electron chi connectivity index (χ0n) is 13.4. The molecule has 1 aromatic carbocycles. The van der Waals surface area contributed by atoms with Crippen LogP contribution in [-0.2, 0) is 4.79 Å². The Labute approximate surface area is 134 Å². The van der Waals surface area contributed by atoms with Crippen molar-refractivity contribution in [3.8, 4) is 0 Å². The van der Waals surface area contributed by atoms with Crippen molar-refractivity contribution >= 4 is 22.8 Å². The average molecular weight is 315 g/mol. The summed E-state index contributed by atoms with van der Waals surface area (Å²) in [6, 6.07) is 5.17. The Kier molecular flexibility index (Phi) is 4.02. The first-order valence-electron chi connectivity index (χ1n) is 7.82. The molecular formula is C16H21N5O2. The second-order valence-corrected chi connectivity index (χ2v) is 6.40. The number of nitrogens with one attached hydrogen (secondary N) is 2. The Bertz CT molecular complexity index is 731. The summed E-state index contributed by atoms with van der Waals surface area (Å²) in [5.74, 6) is -0.0880. The Morgan fingerprint density at radius 2 is 1.91 bits per heavy atom. The number of rotatable bonds is 4. The number of carbonyl (C=O) groups excluding carboxylic acids is 2. The molecule has 1 saturated carbocycles.